The van der Waals surface area contributed by atoms with Gasteiger partial charge in [-0.25, -0.2) is 22.0 Å². The van der Waals surface area contributed by atoms with E-state index in [4.69, 9.17) is 24.7 Å². The summed E-state index contributed by atoms with van der Waals surface area (Å²) >= 11 is 0. The standard InChI is InChI=1S/C23H31FN8O.C21H26FN7O2.C20H24FN7O2.C19H21F2N7O/c1-14-15(11-20(33)26-14)10-16-12-25-32-21(16)28-22(29-23(32)31-9-8-17(24)13-31)27-18-4-6-19(7-5-18)30(2)3;1-12-13(9-18(31)24-12)8-14-10-23-29-19(14)26-20(25-16-2-4-17(30)5-3-16)27-21(29)28-7-6-15(22)11-28;1-12-13(9-17(29)23-12)8-14-10-22-28-18(14)25-19(24-16-3-6-30-7-4-16)26-20(28)27-5-2-15(21)11-27;1-11-12(7-16(29)23-11)6-13-8-22-28-17(13)24-18(26-4-2-14(20)9-26)25-19(28)27-5-3-15(21)10-27/h10,12,17-19H,1,4-9,11,13H2,2-3H3,(H,26,33)(H,27,28);8,10,15-17,30H,1-7,9,11H2,(H,24,31)(H,25,26);8,10,15-16H,1-7,9,11H2,(H,23,29)(H,24,25);6,8,14-15H,1-5,7,9-10H2,(H,23,29)/b15-10+;2*13-8+;12-6+/t17-,18?,19?;15-,16?,17?;15-;14-,15+/m1110/s1. The van der Waals surface area contributed by atoms with Gasteiger partial charge in [-0.3, -0.25) is 19.2 Å². The average Bonchev–Trinajstić information content (AvgIpc) is 1.63. The molecule has 12 aliphatic rings. The van der Waals surface area contributed by atoms with Crippen LogP contribution < -0.4 is 61.7 Å². The maximum absolute atomic E-state index is 14.0. The Bertz CT molecular complexity index is 5560. The maximum Gasteiger partial charge on any atom is 0.231 e. The molecule has 650 valence electrons. The Morgan fingerprint density at radius 1 is 0.390 bits per heavy atom. The zero-order chi connectivity index (χ0) is 85.4. The third-order valence-corrected chi connectivity index (χ3v) is 24.3. The molecular formula is C83H102F5N29O6. The molecule has 0 radical (unpaired) electrons. The van der Waals surface area contributed by atoms with Crippen LogP contribution in [0.3, 0.4) is 0 Å². The fourth-order valence-corrected chi connectivity index (χ4v) is 17.5. The van der Waals surface area contributed by atoms with E-state index in [0.29, 0.717) is 195 Å². The van der Waals surface area contributed by atoms with Gasteiger partial charge in [-0.2, -0.15) is 78.3 Å². The van der Waals surface area contributed by atoms with E-state index in [0.717, 1.165) is 103 Å². The first-order valence-corrected chi connectivity index (χ1v) is 42.4. The number of amides is 4. The molecule has 123 heavy (non-hydrogen) atoms. The number of hydrogen-bond donors (Lipinski definition) is 8. The van der Waals surface area contributed by atoms with Crippen molar-refractivity contribution < 1.29 is 51.0 Å². The number of hydrogen-bond acceptors (Lipinski definition) is 27. The van der Waals surface area contributed by atoms with E-state index in [2.05, 4.69) is 123 Å². The maximum atomic E-state index is 14.0. The summed E-state index contributed by atoms with van der Waals surface area (Å²) in [7, 11) is 4.27. The zero-order valence-electron chi connectivity index (χ0n) is 68.9. The Morgan fingerprint density at radius 3 is 0.959 bits per heavy atom. The summed E-state index contributed by atoms with van der Waals surface area (Å²) in [6, 6.07) is 1.30. The lowest BCUT2D eigenvalue weighted by Crippen LogP contribution is -2.36. The van der Waals surface area contributed by atoms with Gasteiger partial charge in [-0.15, -0.1) is 0 Å². The lowest BCUT2D eigenvalue weighted by atomic mass is 9.91. The summed E-state index contributed by atoms with van der Waals surface area (Å²) in [5, 5.41) is 48.8. The molecule has 0 bridgehead atoms. The van der Waals surface area contributed by atoms with Gasteiger partial charge in [0.1, 0.15) is 30.9 Å². The third-order valence-electron chi connectivity index (χ3n) is 24.3. The van der Waals surface area contributed by atoms with Crippen molar-refractivity contribution in [3.8, 4) is 0 Å². The number of nitrogens with one attached hydrogen (secondary N) is 7. The SMILES string of the molecule is C=C1NC(=O)C/C1=C\c1cnn2c(N3CC[C@@H](F)C3)nc(N3CC[C@H](F)C3)nc12.C=C1NC(=O)C/C1=C\c1cnn2c(N3CC[C@@H](F)C3)nc(NC3CCC(N(C)C)CC3)nc12.C=C1NC(=O)C/C1=C\c1cnn2c(N3CC[C@@H](F)C3)nc(NC3CCC(O)CC3)nc12.C=C1NC(=O)C/C1=C\c1cnn2c(N3CC[C@@H](F)C3)nc(NC3CCOCC3)nc12. The van der Waals surface area contributed by atoms with Crippen molar-refractivity contribution in [2.24, 2.45) is 0 Å². The molecule has 8 aromatic heterocycles. The number of carbonyl (C=O) groups excluding carboxylic acids is 4. The van der Waals surface area contributed by atoms with Gasteiger partial charge in [-0.1, -0.05) is 26.3 Å². The highest BCUT2D eigenvalue weighted by molar-refractivity contribution is 5.92. The number of halogens is 5. The molecule has 10 aliphatic heterocycles. The van der Waals surface area contributed by atoms with Gasteiger partial charge in [-0.05, 0) is 157 Å². The topological polar surface area (TPSA) is 374 Å². The Hall–Kier alpha value is -12.1. The Labute approximate surface area is 705 Å². The highest BCUT2D eigenvalue weighted by atomic mass is 19.2. The summed E-state index contributed by atoms with van der Waals surface area (Å²) < 4.78 is 81.4. The van der Waals surface area contributed by atoms with Crippen LogP contribution in [0.2, 0.25) is 0 Å². The lowest BCUT2D eigenvalue weighted by Gasteiger charge is -2.33. The monoisotopic (exact) mass is 1700 g/mol. The number of allylic oxidation sites excluding steroid dienone is 4. The molecule has 35 nitrogen and oxygen atoms in total. The molecule has 18 heterocycles. The van der Waals surface area contributed by atoms with Crippen LogP contribution in [0.4, 0.5) is 69.5 Å². The van der Waals surface area contributed by atoms with E-state index >= 15 is 0 Å². The van der Waals surface area contributed by atoms with E-state index in [-0.39, 0.29) is 93.7 Å². The normalized spacial score (nSPS) is 26.5. The van der Waals surface area contributed by atoms with Crippen molar-refractivity contribution >= 4 is 118 Å². The minimum Gasteiger partial charge on any atom is -0.393 e. The second-order valence-electron chi connectivity index (χ2n) is 33.7. The average molecular weight is 1700 g/mol. The van der Waals surface area contributed by atoms with Gasteiger partial charge in [0.2, 0.25) is 71.2 Å². The van der Waals surface area contributed by atoms with Crippen LogP contribution in [0.15, 0.2) is 96.2 Å². The molecular weight excluding hydrogens is 1590 g/mol. The molecule has 5 atom stereocenters. The van der Waals surface area contributed by atoms with Crippen molar-refractivity contribution in [2.45, 2.75) is 183 Å². The minimum absolute atomic E-state index is 0.0697. The second-order valence-corrected chi connectivity index (χ2v) is 33.7. The van der Waals surface area contributed by atoms with Crippen molar-refractivity contribution in [2.75, 3.05) is 133 Å². The van der Waals surface area contributed by atoms with Crippen molar-refractivity contribution in [1.29, 1.82) is 0 Å². The highest BCUT2D eigenvalue weighted by Gasteiger charge is 2.36. The third kappa shape index (κ3) is 18.8. The molecule has 10 saturated heterocycles. The first-order chi connectivity index (χ1) is 59.4. The summed E-state index contributed by atoms with van der Waals surface area (Å²) in [5.41, 5.74) is 10.9. The highest BCUT2D eigenvalue weighted by Crippen LogP contribution is 2.36. The van der Waals surface area contributed by atoms with E-state index in [1.807, 2.05) is 43.9 Å². The Balaban J connectivity index is 0.000000116. The lowest BCUT2D eigenvalue weighted by molar-refractivity contribution is -0.119. The van der Waals surface area contributed by atoms with E-state index < -0.39 is 30.9 Å². The van der Waals surface area contributed by atoms with Crippen LogP contribution in [0.1, 0.15) is 144 Å². The Morgan fingerprint density at radius 2 is 0.675 bits per heavy atom. The first kappa shape index (κ1) is 83.2. The Kier molecular flexibility index (Phi) is 24.2. The largest absolute Gasteiger partial charge is 0.393 e. The molecule has 0 spiro atoms. The van der Waals surface area contributed by atoms with Crippen LogP contribution in [0.25, 0.3) is 46.9 Å². The van der Waals surface area contributed by atoms with E-state index in [1.54, 1.807) is 47.7 Å². The summed E-state index contributed by atoms with van der Waals surface area (Å²) in [4.78, 5) is 95.9. The predicted molar refractivity (Wildman–Crippen MR) is 454 cm³/mol. The fraction of sp³-hybridized carbons (Fsp3) is 0.518. The van der Waals surface area contributed by atoms with Gasteiger partial charge in [0.25, 0.3) is 0 Å². The molecule has 40 heteroatoms. The number of carbonyl (C=O) groups is 4. The van der Waals surface area contributed by atoms with Crippen LogP contribution in [-0.4, -0.2) is 266 Å². The predicted octanol–water partition coefficient (Wildman–Crippen LogP) is 7.50. The molecule has 8 N–H and O–H groups in total. The van der Waals surface area contributed by atoms with Crippen molar-refractivity contribution in [3.05, 3.63) is 118 Å². The minimum atomic E-state index is -0.915. The number of aliphatic hydroxyl groups is 1. The number of nitrogens with zero attached hydrogens (tertiary/aromatic N) is 22. The van der Waals surface area contributed by atoms with Crippen molar-refractivity contribution in [1.82, 2.24) is 104 Å². The van der Waals surface area contributed by atoms with Crippen LogP contribution >= 0.6 is 0 Å². The fourth-order valence-electron chi connectivity index (χ4n) is 17.5. The first-order valence-electron chi connectivity index (χ1n) is 42.4. The molecule has 12 fully saturated rings. The number of ether oxygens (including phenoxy) is 1. The molecule has 0 aromatic carbocycles. The molecule has 20 rings (SSSR count). The quantitative estimate of drug-likeness (QED) is 0.0434. The molecule has 8 aromatic rings. The van der Waals surface area contributed by atoms with Crippen LogP contribution in [0.5, 0.6) is 0 Å². The smallest absolute Gasteiger partial charge is 0.231 e. The summed E-state index contributed by atoms with van der Waals surface area (Å²) in [5.74, 6) is 3.77. The van der Waals surface area contributed by atoms with Gasteiger partial charge in [0.15, 0.2) is 22.6 Å². The van der Waals surface area contributed by atoms with Crippen LogP contribution in [-0.2, 0) is 23.9 Å². The second kappa shape index (κ2) is 35.8. The number of fused-ring (bicyclic) bond motifs is 4. The van der Waals surface area contributed by atoms with Gasteiger partial charge >= 0.3 is 0 Å². The van der Waals surface area contributed by atoms with E-state index in [1.165, 1.54) is 0 Å². The molecule has 4 amide bonds. The van der Waals surface area contributed by atoms with Gasteiger partial charge in [0.05, 0.1) is 89.3 Å². The summed E-state index contributed by atoms with van der Waals surface area (Å²) in [6.07, 6.45) is 22.1. The number of aromatic nitrogens is 16. The zero-order valence-corrected chi connectivity index (χ0v) is 68.9. The number of aliphatic hydroxyl groups excluding tert-OH is 1. The molecule has 2 aliphatic carbocycles. The number of anilines is 8. The number of alkyl halides is 5. The number of rotatable bonds is 16. The van der Waals surface area contributed by atoms with Gasteiger partial charge in [0, 0.05) is 115 Å². The van der Waals surface area contributed by atoms with Crippen molar-refractivity contribution in [3.63, 3.8) is 0 Å². The van der Waals surface area contributed by atoms with E-state index in [9.17, 15) is 46.2 Å². The summed E-state index contributed by atoms with van der Waals surface area (Å²) in [6.45, 7) is 21.1. The molecule has 0 unspecified atom stereocenters. The molecule has 2 saturated carbocycles. The van der Waals surface area contributed by atoms with Gasteiger partial charge < -0.3 is 76.5 Å². The van der Waals surface area contributed by atoms with Crippen LogP contribution in [0, 0.1) is 0 Å².